The fraction of sp³-hybridized carbons (Fsp3) is 0.304. The third kappa shape index (κ3) is 6.99. The van der Waals surface area contributed by atoms with Crippen molar-refractivity contribution in [3.8, 4) is 11.5 Å². The fourth-order valence-electron chi connectivity index (χ4n) is 2.47. The molecular weight excluding hydrogens is 370 g/mol. The first-order valence-corrected chi connectivity index (χ1v) is 9.43. The predicted molar refractivity (Wildman–Crippen MR) is 113 cm³/mol. The van der Waals surface area contributed by atoms with E-state index in [1.807, 2.05) is 26.0 Å². The summed E-state index contributed by atoms with van der Waals surface area (Å²) in [5, 5.41) is 2.75. The second-order valence-corrected chi connectivity index (χ2v) is 6.93. The van der Waals surface area contributed by atoms with E-state index >= 15 is 0 Å². The van der Waals surface area contributed by atoms with Crippen LogP contribution < -0.4 is 14.8 Å². The molecule has 6 heteroatoms. The summed E-state index contributed by atoms with van der Waals surface area (Å²) in [5.74, 6) is 0.575. The van der Waals surface area contributed by atoms with Crippen LogP contribution in [0, 0.1) is 0 Å². The van der Waals surface area contributed by atoms with Gasteiger partial charge in [0.25, 0.3) is 0 Å². The number of nitrogens with one attached hydrogen (secondary N) is 1. The molecule has 29 heavy (non-hydrogen) atoms. The highest BCUT2D eigenvalue weighted by atomic mass is 16.5. The Morgan fingerprint density at radius 2 is 1.62 bits per heavy atom. The van der Waals surface area contributed by atoms with Gasteiger partial charge >= 0.3 is 5.97 Å². The molecule has 0 radical (unpaired) electrons. The van der Waals surface area contributed by atoms with Gasteiger partial charge in [-0.15, -0.1) is 0 Å². The van der Waals surface area contributed by atoms with Crippen LogP contribution in [-0.2, 0) is 9.53 Å². The van der Waals surface area contributed by atoms with E-state index in [2.05, 4.69) is 5.32 Å². The lowest BCUT2D eigenvalue weighted by molar-refractivity contribution is -0.111. The highest BCUT2D eigenvalue weighted by Crippen LogP contribution is 2.29. The van der Waals surface area contributed by atoms with Crippen molar-refractivity contribution < 1.29 is 23.8 Å². The highest BCUT2D eigenvalue weighted by molar-refractivity contribution is 6.02. The number of carbonyl (C=O) groups excluding carboxylic acids is 2. The molecule has 0 aliphatic rings. The number of methoxy groups -OCH3 is 1. The summed E-state index contributed by atoms with van der Waals surface area (Å²) in [7, 11) is 1.57. The smallest absolute Gasteiger partial charge is 0.338 e. The lowest BCUT2D eigenvalue weighted by Gasteiger charge is -2.13. The van der Waals surface area contributed by atoms with Crippen LogP contribution >= 0.6 is 0 Å². The number of carbonyl (C=O) groups is 2. The van der Waals surface area contributed by atoms with Gasteiger partial charge in [0.2, 0.25) is 5.91 Å². The minimum Gasteiger partial charge on any atom is -0.493 e. The first-order chi connectivity index (χ1) is 13.8. The van der Waals surface area contributed by atoms with E-state index in [0.29, 0.717) is 22.7 Å². The minimum atomic E-state index is -0.392. The van der Waals surface area contributed by atoms with Crippen molar-refractivity contribution in [3.05, 3.63) is 59.7 Å². The molecule has 0 saturated carbocycles. The molecule has 2 aromatic carbocycles. The Kier molecular flexibility index (Phi) is 7.83. The van der Waals surface area contributed by atoms with Gasteiger partial charge in [-0.25, -0.2) is 4.79 Å². The summed E-state index contributed by atoms with van der Waals surface area (Å²) in [4.78, 5) is 24.0. The molecule has 0 fully saturated rings. The maximum absolute atomic E-state index is 12.2. The molecule has 0 aliphatic carbocycles. The minimum absolute atomic E-state index is 0.0367. The number of amides is 1. The second kappa shape index (κ2) is 10.3. The molecule has 2 rings (SSSR count). The Bertz CT molecular complexity index is 869. The first kappa shape index (κ1) is 22.0. The Morgan fingerprint density at radius 3 is 2.21 bits per heavy atom. The van der Waals surface area contributed by atoms with Gasteiger partial charge in [0.15, 0.2) is 11.5 Å². The van der Waals surface area contributed by atoms with Crippen LogP contribution in [0.1, 0.15) is 43.6 Å². The van der Waals surface area contributed by atoms with Crippen LogP contribution in [-0.4, -0.2) is 31.2 Å². The summed E-state index contributed by atoms with van der Waals surface area (Å²) in [5.41, 5.74) is 1.82. The predicted octanol–water partition coefficient (Wildman–Crippen LogP) is 4.70. The summed E-state index contributed by atoms with van der Waals surface area (Å²) in [6.45, 7) is 7.47. The van der Waals surface area contributed by atoms with Crippen molar-refractivity contribution in [3.63, 3.8) is 0 Å². The normalized spacial score (nSPS) is 11.0. The number of ether oxygens (including phenoxy) is 3. The molecule has 6 nitrogen and oxygen atoms in total. The first-order valence-electron chi connectivity index (χ1n) is 9.43. The average Bonchev–Trinajstić information content (AvgIpc) is 2.66. The SMILES string of the molecule is COc1cc(C=CC(=O)Nc2ccc(C(=O)OC(C)C)cc2)ccc1OC(C)C. The molecule has 1 N–H and O–H groups in total. The number of anilines is 1. The van der Waals surface area contributed by atoms with Crippen molar-refractivity contribution in [2.45, 2.75) is 39.9 Å². The van der Waals surface area contributed by atoms with E-state index in [4.69, 9.17) is 14.2 Å². The second-order valence-electron chi connectivity index (χ2n) is 6.93. The van der Waals surface area contributed by atoms with E-state index < -0.39 is 5.97 Å². The molecule has 154 valence electrons. The van der Waals surface area contributed by atoms with E-state index in [9.17, 15) is 9.59 Å². The Labute approximate surface area is 171 Å². The molecular formula is C23H27NO5. The van der Waals surface area contributed by atoms with Crippen LogP contribution in [0.2, 0.25) is 0 Å². The van der Waals surface area contributed by atoms with Crippen LogP contribution in [0.5, 0.6) is 11.5 Å². The van der Waals surface area contributed by atoms with Gasteiger partial charge in [0, 0.05) is 11.8 Å². The van der Waals surface area contributed by atoms with Crippen molar-refractivity contribution in [1.82, 2.24) is 0 Å². The largest absolute Gasteiger partial charge is 0.493 e. The van der Waals surface area contributed by atoms with E-state index in [-0.39, 0.29) is 18.1 Å². The molecule has 0 unspecified atom stereocenters. The zero-order valence-electron chi connectivity index (χ0n) is 17.4. The van der Waals surface area contributed by atoms with E-state index in [0.717, 1.165) is 5.56 Å². The monoisotopic (exact) mass is 397 g/mol. The molecule has 0 aromatic heterocycles. The molecule has 2 aromatic rings. The highest BCUT2D eigenvalue weighted by Gasteiger charge is 2.09. The summed E-state index contributed by atoms with van der Waals surface area (Å²) in [6, 6.07) is 12.0. The summed E-state index contributed by atoms with van der Waals surface area (Å²) < 4.78 is 16.2. The zero-order chi connectivity index (χ0) is 21.4. The van der Waals surface area contributed by atoms with Gasteiger partial charge in [0.1, 0.15) is 0 Å². The molecule has 0 bridgehead atoms. The van der Waals surface area contributed by atoms with Gasteiger partial charge in [-0.05, 0) is 75.7 Å². The van der Waals surface area contributed by atoms with Crippen molar-refractivity contribution in [1.29, 1.82) is 0 Å². The maximum Gasteiger partial charge on any atom is 0.338 e. The topological polar surface area (TPSA) is 73.9 Å². The van der Waals surface area contributed by atoms with Gasteiger partial charge in [-0.1, -0.05) is 6.07 Å². The number of esters is 1. The van der Waals surface area contributed by atoms with Crippen molar-refractivity contribution >= 4 is 23.6 Å². The number of hydrogen-bond acceptors (Lipinski definition) is 5. The zero-order valence-corrected chi connectivity index (χ0v) is 17.4. The third-order valence-corrected chi connectivity index (χ3v) is 3.71. The van der Waals surface area contributed by atoms with Crippen LogP contribution in [0.15, 0.2) is 48.5 Å². The molecule has 0 saturated heterocycles. The number of rotatable bonds is 8. The van der Waals surface area contributed by atoms with Gasteiger partial charge in [-0.2, -0.15) is 0 Å². The maximum atomic E-state index is 12.2. The van der Waals surface area contributed by atoms with Gasteiger partial charge < -0.3 is 19.5 Å². The van der Waals surface area contributed by atoms with Crippen molar-refractivity contribution in [2.75, 3.05) is 12.4 Å². The molecule has 0 atom stereocenters. The van der Waals surface area contributed by atoms with Gasteiger partial charge in [-0.3, -0.25) is 4.79 Å². The Hall–Kier alpha value is -3.28. The molecule has 0 spiro atoms. The van der Waals surface area contributed by atoms with Crippen LogP contribution in [0.3, 0.4) is 0 Å². The average molecular weight is 397 g/mol. The number of hydrogen-bond donors (Lipinski definition) is 1. The number of benzene rings is 2. The fourth-order valence-corrected chi connectivity index (χ4v) is 2.47. The molecule has 1 amide bonds. The lowest BCUT2D eigenvalue weighted by Crippen LogP contribution is -2.12. The van der Waals surface area contributed by atoms with Crippen LogP contribution in [0.4, 0.5) is 5.69 Å². The quantitative estimate of drug-likeness (QED) is 0.516. The lowest BCUT2D eigenvalue weighted by atomic mass is 10.1. The Morgan fingerprint density at radius 1 is 0.931 bits per heavy atom. The van der Waals surface area contributed by atoms with Crippen LogP contribution in [0.25, 0.3) is 6.08 Å². The molecule has 0 heterocycles. The van der Waals surface area contributed by atoms with E-state index in [1.165, 1.54) is 6.08 Å². The Balaban J connectivity index is 2.00. The van der Waals surface area contributed by atoms with Gasteiger partial charge in [0.05, 0.1) is 24.9 Å². The summed E-state index contributed by atoms with van der Waals surface area (Å²) in [6.07, 6.45) is 2.97. The summed E-state index contributed by atoms with van der Waals surface area (Å²) >= 11 is 0. The standard InChI is InChI=1S/C23H27NO5/c1-15(2)28-20-12-6-17(14-21(20)27-5)7-13-22(25)24-19-10-8-18(9-11-19)23(26)29-16(3)4/h6-16H,1-5H3,(H,24,25). The molecule has 0 aliphatic heterocycles. The third-order valence-electron chi connectivity index (χ3n) is 3.71. The van der Waals surface area contributed by atoms with E-state index in [1.54, 1.807) is 57.4 Å². The van der Waals surface area contributed by atoms with Crippen molar-refractivity contribution in [2.24, 2.45) is 0 Å².